The Labute approximate surface area is 107 Å². The molecule has 5 heteroatoms. The van der Waals surface area contributed by atoms with E-state index < -0.39 is 0 Å². The average molecular weight is 247 g/mol. The van der Waals surface area contributed by atoms with Crippen molar-refractivity contribution in [2.75, 3.05) is 19.0 Å². The molecule has 0 radical (unpaired) electrons. The van der Waals surface area contributed by atoms with Crippen LogP contribution in [0.25, 0.3) is 0 Å². The van der Waals surface area contributed by atoms with Gasteiger partial charge in [-0.05, 0) is 26.0 Å². The van der Waals surface area contributed by atoms with E-state index in [2.05, 4.69) is 10.6 Å². The summed E-state index contributed by atoms with van der Waals surface area (Å²) in [5.41, 5.74) is 1.21. The first kappa shape index (κ1) is 13.8. The maximum atomic E-state index is 11.5. The van der Waals surface area contributed by atoms with E-state index in [4.69, 9.17) is 10.00 Å². The van der Waals surface area contributed by atoms with Crippen LogP contribution < -0.4 is 15.4 Å². The summed E-state index contributed by atoms with van der Waals surface area (Å²) in [5.74, 6) is 0.461. The number of ether oxygens (including phenoxy) is 1. The Hall–Kier alpha value is -2.22. The lowest BCUT2D eigenvalue weighted by Crippen LogP contribution is -2.34. The van der Waals surface area contributed by atoms with Crippen LogP contribution in [0.2, 0.25) is 0 Å². The van der Waals surface area contributed by atoms with E-state index in [-0.39, 0.29) is 18.5 Å². The molecule has 0 bridgehead atoms. The van der Waals surface area contributed by atoms with Crippen molar-refractivity contribution in [3.8, 4) is 11.8 Å². The third-order valence-corrected chi connectivity index (χ3v) is 2.22. The number of nitrogens with one attached hydrogen (secondary N) is 2. The van der Waals surface area contributed by atoms with Crippen molar-refractivity contribution in [1.29, 1.82) is 5.26 Å². The fraction of sp³-hybridized carbons (Fsp3) is 0.385. The second-order valence-corrected chi connectivity index (χ2v) is 4.10. The molecular weight excluding hydrogens is 230 g/mol. The molecule has 0 saturated heterocycles. The molecule has 0 fully saturated rings. The molecule has 0 aliphatic carbocycles. The zero-order chi connectivity index (χ0) is 13.5. The minimum atomic E-state index is -0.0867. The van der Waals surface area contributed by atoms with Crippen molar-refractivity contribution in [2.45, 2.75) is 19.9 Å². The Morgan fingerprint density at radius 2 is 2.22 bits per heavy atom. The number of nitrogens with zero attached hydrogens (tertiary/aromatic N) is 1. The maximum absolute atomic E-state index is 11.5. The lowest BCUT2D eigenvalue weighted by Gasteiger charge is -2.12. The summed E-state index contributed by atoms with van der Waals surface area (Å²) in [6.07, 6.45) is 0. The Morgan fingerprint density at radius 1 is 1.50 bits per heavy atom. The highest BCUT2D eigenvalue weighted by atomic mass is 16.5. The van der Waals surface area contributed by atoms with E-state index in [1.54, 1.807) is 18.2 Å². The second-order valence-electron chi connectivity index (χ2n) is 4.10. The molecule has 18 heavy (non-hydrogen) atoms. The first-order valence-electron chi connectivity index (χ1n) is 5.68. The Bertz CT molecular complexity index is 464. The molecule has 96 valence electrons. The van der Waals surface area contributed by atoms with Crippen LogP contribution in [-0.4, -0.2) is 25.6 Å². The van der Waals surface area contributed by atoms with Gasteiger partial charge in [0.2, 0.25) is 5.91 Å². The molecule has 0 saturated carbocycles. The summed E-state index contributed by atoms with van der Waals surface area (Å²) in [6, 6.07) is 7.17. The molecule has 0 heterocycles. The van der Waals surface area contributed by atoms with Gasteiger partial charge in [-0.1, -0.05) is 0 Å². The molecular formula is C13H17N3O2. The Kier molecular flexibility index (Phi) is 5.00. The van der Waals surface area contributed by atoms with Crippen molar-refractivity contribution in [3.63, 3.8) is 0 Å². The summed E-state index contributed by atoms with van der Waals surface area (Å²) in [4.78, 5) is 11.5. The summed E-state index contributed by atoms with van der Waals surface area (Å²) >= 11 is 0. The first-order valence-corrected chi connectivity index (χ1v) is 5.68. The predicted octanol–water partition coefficient (Wildman–Crippen LogP) is 1.50. The second kappa shape index (κ2) is 6.50. The van der Waals surface area contributed by atoms with Gasteiger partial charge in [-0.25, -0.2) is 0 Å². The zero-order valence-corrected chi connectivity index (χ0v) is 10.8. The first-order chi connectivity index (χ1) is 8.56. The smallest absolute Gasteiger partial charge is 0.239 e. The van der Waals surface area contributed by atoms with E-state index in [1.807, 2.05) is 19.9 Å². The number of methoxy groups -OCH3 is 1. The summed E-state index contributed by atoms with van der Waals surface area (Å²) < 4.78 is 5.16. The van der Waals surface area contributed by atoms with Crippen LogP contribution in [0, 0.1) is 11.3 Å². The van der Waals surface area contributed by atoms with Gasteiger partial charge in [0.15, 0.2) is 0 Å². The molecule has 0 spiro atoms. The van der Waals surface area contributed by atoms with E-state index in [0.717, 1.165) is 0 Å². The molecule has 1 aromatic rings. The number of benzene rings is 1. The summed E-state index contributed by atoms with van der Waals surface area (Å²) in [5, 5.41) is 14.5. The van der Waals surface area contributed by atoms with Crippen molar-refractivity contribution in [2.24, 2.45) is 0 Å². The minimum Gasteiger partial charge on any atom is -0.495 e. The van der Waals surface area contributed by atoms with Gasteiger partial charge < -0.3 is 15.4 Å². The zero-order valence-electron chi connectivity index (χ0n) is 10.8. The van der Waals surface area contributed by atoms with Crippen LogP contribution >= 0.6 is 0 Å². The van der Waals surface area contributed by atoms with E-state index in [9.17, 15) is 4.79 Å². The molecule has 1 amide bonds. The highest BCUT2D eigenvalue weighted by Crippen LogP contribution is 2.24. The minimum absolute atomic E-state index is 0.0867. The summed E-state index contributed by atoms with van der Waals surface area (Å²) in [7, 11) is 1.52. The normalized spacial score (nSPS) is 9.72. The predicted molar refractivity (Wildman–Crippen MR) is 69.5 cm³/mol. The third kappa shape index (κ3) is 3.98. The van der Waals surface area contributed by atoms with Crippen molar-refractivity contribution in [3.05, 3.63) is 23.8 Å². The van der Waals surface area contributed by atoms with Gasteiger partial charge in [0.25, 0.3) is 0 Å². The largest absolute Gasteiger partial charge is 0.495 e. The van der Waals surface area contributed by atoms with Gasteiger partial charge in [0.1, 0.15) is 5.75 Å². The van der Waals surface area contributed by atoms with Gasteiger partial charge in [0.05, 0.1) is 31.0 Å². The lowest BCUT2D eigenvalue weighted by molar-refractivity contribution is -0.119. The fourth-order valence-corrected chi connectivity index (χ4v) is 1.46. The number of hydrogen-bond donors (Lipinski definition) is 2. The topological polar surface area (TPSA) is 74.1 Å². The Balaban J connectivity index is 2.68. The molecule has 5 nitrogen and oxygen atoms in total. The van der Waals surface area contributed by atoms with Crippen LogP contribution in [0.15, 0.2) is 18.2 Å². The SMILES string of the molecule is COc1cc(C#N)ccc1NCC(=O)NC(C)C. The van der Waals surface area contributed by atoms with Crippen LogP contribution in [-0.2, 0) is 4.79 Å². The van der Waals surface area contributed by atoms with Gasteiger partial charge >= 0.3 is 0 Å². The number of carbonyl (C=O) groups is 1. The highest BCUT2D eigenvalue weighted by Gasteiger charge is 2.07. The van der Waals surface area contributed by atoms with Crippen LogP contribution in [0.4, 0.5) is 5.69 Å². The van der Waals surface area contributed by atoms with Crippen molar-refractivity contribution < 1.29 is 9.53 Å². The molecule has 1 rings (SSSR count). The quantitative estimate of drug-likeness (QED) is 0.827. The monoisotopic (exact) mass is 247 g/mol. The van der Waals surface area contributed by atoms with E-state index >= 15 is 0 Å². The Morgan fingerprint density at radius 3 is 2.78 bits per heavy atom. The number of nitriles is 1. The van der Waals surface area contributed by atoms with Crippen LogP contribution in [0.5, 0.6) is 5.75 Å². The average Bonchev–Trinajstić information content (AvgIpc) is 2.35. The van der Waals surface area contributed by atoms with Gasteiger partial charge in [-0.3, -0.25) is 4.79 Å². The summed E-state index contributed by atoms with van der Waals surface area (Å²) in [6.45, 7) is 3.97. The number of rotatable bonds is 5. The van der Waals surface area contributed by atoms with Gasteiger partial charge in [-0.15, -0.1) is 0 Å². The molecule has 0 aliphatic heterocycles. The van der Waals surface area contributed by atoms with E-state index in [0.29, 0.717) is 17.0 Å². The molecule has 0 aromatic heterocycles. The number of hydrogen-bond acceptors (Lipinski definition) is 4. The van der Waals surface area contributed by atoms with Crippen molar-refractivity contribution >= 4 is 11.6 Å². The molecule has 2 N–H and O–H groups in total. The van der Waals surface area contributed by atoms with Gasteiger partial charge in [0, 0.05) is 12.1 Å². The molecule has 0 atom stereocenters. The third-order valence-electron chi connectivity index (χ3n) is 2.22. The molecule has 0 aliphatic rings. The van der Waals surface area contributed by atoms with Crippen LogP contribution in [0.3, 0.4) is 0 Å². The lowest BCUT2D eigenvalue weighted by atomic mass is 10.2. The number of amides is 1. The molecule has 0 unspecified atom stereocenters. The molecule has 1 aromatic carbocycles. The number of carbonyl (C=O) groups excluding carboxylic acids is 1. The van der Waals surface area contributed by atoms with Gasteiger partial charge in [-0.2, -0.15) is 5.26 Å². The maximum Gasteiger partial charge on any atom is 0.239 e. The van der Waals surface area contributed by atoms with Crippen molar-refractivity contribution in [1.82, 2.24) is 5.32 Å². The highest BCUT2D eigenvalue weighted by molar-refractivity contribution is 5.81. The standard InChI is InChI=1S/C13H17N3O2/c1-9(2)16-13(17)8-15-11-5-4-10(7-14)6-12(11)18-3/h4-6,9,15H,8H2,1-3H3,(H,16,17). The number of anilines is 1. The van der Waals surface area contributed by atoms with Crippen LogP contribution in [0.1, 0.15) is 19.4 Å². The fourth-order valence-electron chi connectivity index (χ4n) is 1.46. The van der Waals surface area contributed by atoms with E-state index in [1.165, 1.54) is 7.11 Å².